The molecule has 6 N–H and O–H groups in total. The van der Waals surface area contributed by atoms with Crippen LogP contribution in [0, 0.1) is 0 Å². The van der Waals surface area contributed by atoms with Crippen LogP contribution in [0.1, 0.15) is 226 Å². The van der Waals surface area contributed by atoms with Gasteiger partial charge in [0.2, 0.25) is 5.91 Å². The summed E-state index contributed by atoms with van der Waals surface area (Å²) in [5.74, 6) is -0.151. The Bertz CT molecular complexity index is 888. The molecule has 0 saturated carbocycles. The molecular weight excluding hydrogens is 707 g/mol. The van der Waals surface area contributed by atoms with Gasteiger partial charge in [-0.05, 0) is 38.5 Å². The first-order chi connectivity index (χ1) is 27.3. The first-order valence-electron chi connectivity index (χ1n) is 23.9. The summed E-state index contributed by atoms with van der Waals surface area (Å²) in [6.07, 6.45) is 36.6. The van der Waals surface area contributed by atoms with E-state index in [0.717, 1.165) is 44.9 Å². The zero-order valence-corrected chi connectivity index (χ0v) is 36.4. The molecule has 0 aromatic carbocycles. The molecular formula is C47H91NO8. The molecule has 1 heterocycles. The van der Waals surface area contributed by atoms with E-state index in [0.29, 0.717) is 12.8 Å². The summed E-state index contributed by atoms with van der Waals surface area (Å²) in [7, 11) is 0. The van der Waals surface area contributed by atoms with Crippen molar-refractivity contribution in [3.05, 3.63) is 12.2 Å². The second-order valence-electron chi connectivity index (χ2n) is 16.9. The van der Waals surface area contributed by atoms with Crippen molar-refractivity contribution in [2.45, 2.75) is 269 Å². The third kappa shape index (κ3) is 28.4. The molecule has 0 spiro atoms. The maximum atomic E-state index is 13.0. The number of hydrogen-bond acceptors (Lipinski definition) is 8. The molecule has 1 aliphatic rings. The van der Waals surface area contributed by atoms with E-state index in [1.54, 1.807) is 0 Å². The fourth-order valence-corrected chi connectivity index (χ4v) is 7.74. The van der Waals surface area contributed by atoms with E-state index in [1.165, 1.54) is 154 Å². The normalized spacial score (nSPS) is 21.2. The summed E-state index contributed by atoms with van der Waals surface area (Å²) in [6.45, 7) is 3.82. The van der Waals surface area contributed by atoms with E-state index in [1.807, 2.05) is 0 Å². The Labute approximate surface area is 344 Å². The third-order valence-corrected chi connectivity index (χ3v) is 11.6. The number of rotatable bonds is 40. The monoisotopic (exact) mass is 798 g/mol. The average Bonchev–Trinajstić information content (AvgIpc) is 3.20. The number of aliphatic hydroxyl groups excluding tert-OH is 5. The molecule has 0 radical (unpaired) electrons. The molecule has 0 aromatic heterocycles. The molecule has 7 atom stereocenters. The number of carbonyl (C=O) groups excluding carboxylic acids is 1. The molecule has 1 aliphatic heterocycles. The Morgan fingerprint density at radius 3 is 1.45 bits per heavy atom. The van der Waals surface area contributed by atoms with Crippen LogP contribution in [-0.4, -0.2) is 87.5 Å². The molecule has 0 aromatic rings. The molecule has 1 amide bonds. The Morgan fingerprint density at radius 1 is 0.589 bits per heavy atom. The molecule has 9 nitrogen and oxygen atoms in total. The fraction of sp³-hybridized carbons (Fsp3) is 0.936. The van der Waals surface area contributed by atoms with Crippen LogP contribution in [0.5, 0.6) is 0 Å². The maximum Gasteiger partial charge on any atom is 0.220 e. The van der Waals surface area contributed by atoms with Gasteiger partial charge in [-0.1, -0.05) is 193 Å². The second kappa shape index (κ2) is 38.2. The van der Waals surface area contributed by atoms with Crippen LogP contribution in [0.2, 0.25) is 0 Å². The highest BCUT2D eigenvalue weighted by atomic mass is 16.7. The molecule has 1 saturated heterocycles. The number of hydrogen-bond donors (Lipinski definition) is 6. The molecule has 0 bridgehead atoms. The number of aliphatic hydroxyl groups is 5. The van der Waals surface area contributed by atoms with Gasteiger partial charge in [0.1, 0.15) is 24.4 Å². The number of amides is 1. The molecule has 1 fully saturated rings. The lowest BCUT2D eigenvalue weighted by molar-refractivity contribution is -0.302. The van der Waals surface area contributed by atoms with Crippen molar-refractivity contribution in [3.8, 4) is 0 Å². The molecule has 2 unspecified atom stereocenters. The number of ether oxygens (including phenoxy) is 2. The fourth-order valence-electron chi connectivity index (χ4n) is 7.74. The molecule has 56 heavy (non-hydrogen) atoms. The summed E-state index contributed by atoms with van der Waals surface area (Å²) in [6, 6.07) is -0.729. The van der Waals surface area contributed by atoms with E-state index < -0.39 is 49.5 Å². The first-order valence-corrected chi connectivity index (χ1v) is 23.9. The van der Waals surface area contributed by atoms with Gasteiger partial charge < -0.3 is 40.3 Å². The Morgan fingerprint density at radius 2 is 1.00 bits per heavy atom. The molecule has 9 heteroatoms. The van der Waals surface area contributed by atoms with Gasteiger partial charge in [-0.2, -0.15) is 0 Å². The lowest BCUT2D eigenvalue weighted by Gasteiger charge is -2.40. The van der Waals surface area contributed by atoms with Crippen LogP contribution in [0.25, 0.3) is 0 Å². The summed E-state index contributed by atoms with van der Waals surface area (Å²) < 4.78 is 11.2. The zero-order chi connectivity index (χ0) is 40.9. The van der Waals surface area contributed by atoms with Crippen molar-refractivity contribution >= 4 is 5.91 Å². The van der Waals surface area contributed by atoms with Crippen LogP contribution >= 0.6 is 0 Å². The highest BCUT2D eigenvalue weighted by molar-refractivity contribution is 5.76. The zero-order valence-electron chi connectivity index (χ0n) is 36.4. The van der Waals surface area contributed by atoms with Crippen molar-refractivity contribution < 1.29 is 39.8 Å². The number of unbranched alkanes of at least 4 members (excludes halogenated alkanes) is 28. The van der Waals surface area contributed by atoms with E-state index in [9.17, 15) is 30.3 Å². The third-order valence-electron chi connectivity index (χ3n) is 11.6. The molecule has 332 valence electrons. The van der Waals surface area contributed by atoms with Crippen molar-refractivity contribution in [1.82, 2.24) is 5.32 Å². The Balaban J connectivity index is 2.26. The maximum absolute atomic E-state index is 13.0. The smallest absolute Gasteiger partial charge is 0.220 e. The summed E-state index contributed by atoms with van der Waals surface area (Å²) in [5, 5.41) is 54.3. The van der Waals surface area contributed by atoms with E-state index in [-0.39, 0.29) is 12.5 Å². The van der Waals surface area contributed by atoms with Gasteiger partial charge in [0.25, 0.3) is 0 Å². The van der Waals surface area contributed by atoms with Crippen LogP contribution < -0.4 is 5.32 Å². The predicted octanol–water partition coefficient (Wildman–Crippen LogP) is 10.1. The van der Waals surface area contributed by atoms with Crippen LogP contribution in [-0.2, 0) is 14.3 Å². The van der Waals surface area contributed by atoms with Gasteiger partial charge >= 0.3 is 0 Å². The van der Waals surface area contributed by atoms with Gasteiger partial charge in [-0.25, -0.2) is 0 Å². The van der Waals surface area contributed by atoms with Gasteiger partial charge in [-0.15, -0.1) is 0 Å². The first kappa shape index (κ1) is 52.9. The minimum atomic E-state index is -1.55. The minimum Gasteiger partial charge on any atom is -0.394 e. The summed E-state index contributed by atoms with van der Waals surface area (Å²) >= 11 is 0. The van der Waals surface area contributed by atoms with Gasteiger partial charge in [-0.3, -0.25) is 4.79 Å². The van der Waals surface area contributed by atoms with Crippen LogP contribution in [0.4, 0.5) is 0 Å². The van der Waals surface area contributed by atoms with Crippen molar-refractivity contribution in [2.75, 3.05) is 13.2 Å². The van der Waals surface area contributed by atoms with Crippen molar-refractivity contribution in [3.63, 3.8) is 0 Å². The lowest BCUT2D eigenvalue weighted by atomic mass is 9.99. The second-order valence-corrected chi connectivity index (χ2v) is 16.9. The van der Waals surface area contributed by atoms with Crippen LogP contribution in [0.3, 0.4) is 0 Å². The highest BCUT2D eigenvalue weighted by Gasteiger charge is 2.44. The SMILES string of the molecule is CCCCCCCC/C=C/CCCC[C@@H](O)[C@H](CO[C@H]1O[C@@H](CO)[C@H](O)C(O)C1O)NC(=O)CCCCCCCCCCCCCCCCCCCCCCC. The van der Waals surface area contributed by atoms with Gasteiger partial charge in [0.15, 0.2) is 6.29 Å². The largest absolute Gasteiger partial charge is 0.394 e. The molecule has 0 aliphatic carbocycles. The van der Waals surface area contributed by atoms with Crippen molar-refractivity contribution in [1.29, 1.82) is 0 Å². The summed E-state index contributed by atoms with van der Waals surface area (Å²) in [4.78, 5) is 13.0. The standard InChI is InChI=1S/C47H91NO8/c1-3-5-7-9-11-13-15-17-18-19-20-21-22-23-24-25-27-29-31-33-35-37-43(51)48-40(39-55-47-46(54)45(53)44(52)42(38-49)56-47)41(50)36-34-32-30-28-26-16-14-12-10-8-6-4-2/h26,28,40-42,44-47,49-50,52-54H,3-25,27,29-39H2,1-2H3,(H,48,51)/b28-26+/t40-,41+,42-,44-,45?,46?,47-/m0/s1. The molecule has 1 rings (SSSR count). The number of allylic oxidation sites excluding steroid dienone is 2. The van der Waals surface area contributed by atoms with Gasteiger partial charge in [0, 0.05) is 6.42 Å². The van der Waals surface area contributed by atoms with Gasteiger partial charge in [0.05, 0.1) is 25.4 Å². The quantitative estimate of drug-likeness (QED) is 0.0265. The number of carbonyl (C=O) groups is 1. The van der Waals surface area contributed by atoms with Crippen molar-refractivity contribution in [2.24, 2.45) is 0 Å². The predicted molar refractivity (Wildman–Crippen MR) is 231 cm³/mol. The minimum absolute atomic E-state index is 0.146. The van der Waals surface area contributed by atoms with E-state index in [4.69, 9.17) is 9.47 Å². The Kier molecular flexibility index (Phi) is 36.1. The number of nitrogens with one attached hydrogen (secondary N) is 1. The van der Waals surface area contributed by atoms with Crippen LogP contribution in [0.15, 0.2) is 12.2 Å². The Hall–Kier alpha value is -1.07. The topological polar surface area (TPSA) is 149 Å². The average molecular weight is 798 g/mol. The summed E-state index contributed by atoms with van der Waals surface area (Å²) in [5.41, 5.74) is 0. The lowest BCUT2D eigenvalue weighted by Crippen LogP contribution is -2.60. The van der Waals surface area contributed by atoms with E-state index >= 15 is 0 Å². The van der Waals surface area contributed by atoms with E-state index in [2.05, 4.69) is 31.3 Å². The highest BCUT2D eigenvalue weighted by Crippen LogP contribution is 2.23.